The fraction of sp³-hybridized carbons (Fsp3) is 0.400. The number of sulfonamides is 1. The van der Waals surface area contributed by atoms with Gasteiger partial charge in [-0.1, -0.05) is 6.07 Å². The summed E-state index contributed by atoms with van der Waals surface area (Å²) in [6.07, 6.45) is 2.22. The number of benzene rings is 1. The molecule has 0 aliphatic carbocycles. The van der Waals surface area contributed by atoms with E-state index >= 15 is 0 Å². The van der Waals surface area contributed by atoms with Crippen molar-refractivity contribution in [2.24, 2.45) is 0 Å². The number of rotatable bonds is 12. The molecule has 0 atom stereocenters. The number of aryl methyl sites for hydroxylation is 1. The minimum atomic E-state index is -4.69. The van der Waals surface area contributed by atoms with Crippen molar-refractivity contribution >= 4 is 47.8 Å². The predicted molar refractivity (Wildman–Crippen MR) is 111 cm³/mol. The molecule has 178 valence electrons. The Morgan fingerprint density at radius 1 is 0.912 bits per heavy atom. The molecular weight excluding hydrogens is 534 g/mol. The number of hydrogen-bond acceptors (Lipinski definition) is 13. The molecule has 0 saturated heterocycles. The second kappa shape index (κ2) is 14.3. The van der Waals surface area contributed by atoms with Crippen molar-refractivity contribution in [2.75, 3.05) is 29.3 Å². The van der Waals surface area contributed by atoms with Gasteiger partial charge in [0.05, 0.1) is 11.2 Å². The van der Waals surface area contributed by atoms with Gasteiger partial charge in [0.15, 0.2) is 0 Å². The smallest absolute Gasteiger partial charge is 0.747 e. The van der Waals surface area contributed by atoms with Crippen LogP contribution in [0.5, 0.6) is 0 Å². The topological polar surface area (TPSA) is 223 Å². The molecule has 3 N–H and O–H groups in total. The summed E-state index contributed by atoms with van der Waals surface area (Å²) in [5.74, 6) is -1.10. The molecule has 0 unspecified atom stereocenters. The second-order valence-electron chi connectivity index (χ2n) is 6.51. The van der Waals surface area contributed by atoms with E-state index in [9.17, 15) is 34.4 Å². The first kappa shape index (κ1) is 33.6. The van der Waals surface area contributed by atoms with E-state index < -0.39 is 41.0 Å². The third-order valence-electron chi connectivity index (χ3n) is 3.66. The van der Waals surface area contributed by atoms with Gasteiger partial charge in [-0.3, -0.25) is 0 Å². The van der Waals surface area contributed by atoms with E-state index in [1.807, 2.05) is 0 Å². The van der Waals surface area contributed by atoms with Crippen molar-refractivity contribution in [3.63, 3.8) is 0 Å². The van der Waals surface area contributed by atoms with Gasteiger partial charge in [-0.15, -0.1) is 0 Å². The van der Waals surface area contributed by atoms with Crippen molar-refractivity contribution in [1.29, 1.82) is 0 Å². The summed E-state index contributed by atoms with van der Waals surface area (Å²) in [4.78, 5) is 11.6. The van der Waals surface area contributed by atoms with Crippen LogP contribution in [0.3, 0.4) is 0 Å². The minimum absolute atomic E-state index is 0. The Bertz CT molecular complexity index is 1280. The molecule has 0 spiro atoms. The van der Waals surface area contributed by atoms with Gasteiger partial charge in [-0.2, -0.15) is 15.0 Å². The maximum Gasteiger partial charge on any atom is 1.00 e. The number of hydrogen-bond donors (Lipinski definition) is 3. The van der Waals surface area contributed by atoms with E-state index in [1.165, 1.54) is 12.1 Å². The Morgan fingerprint density at radius 3 is 2.15 bits per heavy atom. The van der Waals surface area contributed by atoms with E-state index in [1.54, 1.807) is 0 Å². The fourth-order valence-electron chi connectivity index (χ4n) is 2.34. The maximum atomic E-state index is 11.2. The van der Waals surface area contributed by atoms with Crippen molar-refractivity contribution in [2.45, 2.75) is 24.2 Å². The number of anilines is 3. The molecule has 0 saturated carbocycles. The molecule has 2 rings (SSSR count). The Hall–Kier alpha value is -0.440. The molecule has 1 heterocycles. The van der Waals surface area contributed by atoms with E-state index in [4.69, 9.17) is 0 Å². The van der Waals surface area contributed by atoms with Gasteiger partial charge in [0.1, 0.15) is 31.9 Å². The van der Waals surface area contributed by atoms with Crippen LogP contribution in [0.2, 0.25) is 0 Å². The molecule has 0 aliphatic rings. The summed E-state index contributed by atoms with van der Waals surface area (Å²) in [6, 6.07) is 4.96. The predicted octanol–water partition coefficient (Wildman–Crippen LogP) is -6.69. The number of nitrogens with one attached hydrogen (secondary N) is 3. The number of nitrogens with zero attached hydrogens (tertiary/aromatic N) is 3. The monoisotopic (exact) mass is 554 g/mol. The Labute approximate surface area is 242 Å². The molecule has 0 radical (unpaired) electrons. The van der Waals surface area contributed by atoms with Gasteiger partial charge in [0, 0.05) is 18.7 Å². The third kappa shape index (κ3) is 13.6. The standard InChI is InChI=1S/C15H22N6O8S3.2Na/c1-30(22,23)17-8-3-2-7-13-19-14(16-10-31(24,25)26)21-15(20-13)18-11-5-4-6-12(9-11)32(27,28)29;;/h4-6,9,17H,2-3,7-8,10H2,1H3,(H,24,25,26)(H,27,28,29)(H2,16,18,19,20,21);;/q;2*+1/p-2. The summed E-state index contributed by atoms with van der Waals surface area (Å²) in [5.41, 5.74) is 0.166. The van der Waals surface area contributed by atoms with Crippen LogP contribution in [0.1, 0.15) is 18.7 Å². The van der Waals surface area contributed by atoms with Crippen molar-refractivity contribution in [3.8, 4) is 0 Å². The molecule has 2 aromatic rings. The molecule has 14 nitrogen and oxygen atoms in total. The summed E-state index contributed by atoms with van der Waals surface area (Å²) in [7, 11) is -12.6. The van der Waals surface area contributed by atoms with Gasteiger partial charge >= 0.3 is 59.1 Å². The first-order valence-electron chi connectivity index (χ1n) is 8.91. The second-order valence-corrected chi connectivity index (χ2v) is 11.1. The van der Waals surface area contributed by atoms with Gasteiger partial charge in [-0.25, -0.2) is 30.0 Å². The van der Waals surface area contributed by atoms with Crippen molar-refractivity contribution < 1.29 is 93.5 Å². The minimum Gasteiger partial charge on any atom is -0.747 e. The quantitative estimate of drug-likeness (QED) is 0.126. The van der Waals surface area contributed by atoms with Crippen LogP contribution in [-0.4, -0.2) is 68.0 Å². The number of aromatic nitrogens is 3. The molecular formula is C15H20N6Na2O8S3. The first-order chi connectivity index (χ1) is 14.7. The maximum absolute atomic E-state index is 11.2. The summed E-state index contributed by atoms with van der Waals surface area (Å²) in [6.45, 7) is 0.199. The first-order valence-corrected chi connectivity index (χ1v) is 13.8. The molecule has 0 amide bonds. The summed E-state index contributed by atoms with van der Waals surface area (Å²) in [5, 5.41) is 4.96. The SMILES string of the molecule is CS(=O)(=O)NCCCCc1nc(NCS(=O)(=O)[O-])nc(Nc2cccc(S(=O)(=O)[O-])c2)n1.[Na+].[Na+]. The van der Waals surface area contributed by atoms with E-state index in [-0.39, 0.29) is 95.5 Å². The molecule has 19 heteroatoms. The van der Waals surface area contributed by atoms with Gasteiger partial charge in [0.25, 0.3) is 0 Å². The van der Waals surface area contributed by atoms with E-state index in [2.05, 4.69) is 30.3 Å². The largest absolute Gasteiger partial charge is 1.00 e. The molecule has 1 aromatic carbocycles. The van der Waals surface area contributed by atoms with Gasteiger partial charge < -0.3 is 19.7 Å². The molecule has 0 bridgehead atoms. The zero-order valence-electron chi connectivity index (χ0n) is 18.7. The zero-order valence-corrected chi connectivity index (χ0v) is 25.1. The van der Waals surface area contributed by atoms with Crippen LogP contribution >= 0.6 is 0 Å². The molecule has 0 fully saturated rings. The van der Waals surface area contributed by atoms with Crippen LogP contribution in [0.4, 0.5) is 17.6 Å². The van der Waals surface area contributed by atoms with Crippen LogP contribution in [-0.2, 0) is 36.7 Å². The molecule has 1 aromatic heterocycles. The van der Waals surface area contributed by atoms with E-state index in [0.29, 0.717) is 12.8 Å². The third-order valence-corrected chi connectivity index (χ3v) is 5.72. The van der Waals surface area contributed by atoms with Gasteiger partial charge in [-0.05, 0) is 31.0 Å². The Kier molecular flexibility index (Phi) is 14.2. The average Bonchev–Trinajstić information content (AvgIpc) is 2.64. The van der Waals surface area contributed by atoms with Crippen LogP contribution in [0.15, 0.2) is 29.2 Å². The van der Waals surface area contributed by atoms with E-state index in [0.717, 1.165) is 18.4 Å². The van der Waals surface area contributed by atoms with Crippen molar-refractivity contribution in [1.82, 2.24) is 19.7 Å². The fourth-order valence-corrected chi connectivity index (χ4v) is 3.68. The Balaban J connectivity index is 0.00000544. The molecule has 0 aliphatic heterocycles. The summed E-state index contributed by atoms with van der Waals surface area (Å²) < 4.78 is 90.7. The number of unbranched alkanes of at least 4 members (excludes halogenated alkanes) is 1. The van der Waals surface area contributed by atoms with Crippen molar-refractivity contribution in [3.05, 3.63) is 30.1 Å². The normalized spacial score (nSPS) is 11.7. The molecule has 34 heavy (non-hydrogen) atoms. The van der Waals surface area contributed by atoms with Crippen LogP contribution < -0.4 is 74.5 Å². The average molecular weight is 555 g/mol. The Morgan fingerprint density at radius 2 is 1.56 bits per heavy atom. The van der Waals surface area contributed by atoms with Gasteiger partial charge in [0.2, 0.25) is 21.9 Å². The van der Waals surface area contributed by atoms with Crippen LogP contribution in [0.25, 0.3) is 0 Å². The zero-order chi connectivity index (χ0) is 24.0. The summed E-state index contributed by atoms with van der Waals surface area (Å²) >= 11 is 0. The van der Waals surface area contributed by atoms with Crippen LogP contribution in [0, 0.1) is 0 Å².